The van der Waals surface area contributed by atoms with Gasteiger partial charge in [-0.1, -0.05) is 0 Å². The first-order valence-electron chi connectivity index (χ1n) is 3.18. The maximum Gasteiger partial charge on any atom is 0.103 e. The van der Waals surface area contributed by atoms with Gasteiger partial charge < -0.3 is 14.9 Å². The molecule has 1 saturated heterocycles. The van der Waals surface area contributed by atoms with Gasteiger partial charge in [0.1, 0.15) is 6.10 Å². The molecule has 1 rings (SSSR count). The van der Waals surface area contributed by atoms with E-state index >= 15 is 0 Å². The van der Waals surface area contributed by atoms with Crippen molar-refractivity contribution >= 4 is 0 Å². The predicted molar refractivity (Wildman–Crippen MR) is 32.0 cm³/mol. The van der Waals surface area contributed by atoms with Crippen LogP contribution in [-0.2, 0) is 4.74 Å². The summed E-state index contributed by atoms with van der Waals surface area (Å²) in [5, 5.41) is 17.9. The van der Waals surface area contributed by atoms with Crippen LogP contribution in [0.15, 0.2) is 0 Å². The van der Waals surface area contributed by atoms with Gasteiger partial charge in [-0.25, -0.2) is 0 Å². The molecule has 1 heterocycles. The molecule has 0 aromatic rings. The third-order valence-electron chi connectivity index (χ3n) is 1.57. The standard InChI is InChI=1S/C6H12O3/c1-4-2-5(7)6(8)3-9-4/h4-8H,2-3H2,1H3/t4-,5?,6-/m0/s1. The van der Waals surface area contributed by atoms with Crippen LogP contribution in [0.1, 0.15) is 13.3 Å². The third kappa shape index (κ3) is 1.64. The van der Waals surface area contributed by atoms with E-state index in [0.717, 1.165) is 0 Å². The molecular formula is C6H12O3. The van der Waals surface area contributed by atoms with Crippen molar-refractivity contribution < 1.29 is 14.9 Å². The van der Waals surface area contributed by atoms with E-state index in [0.29, 0.717) is 6.42 Å². The van der Waals surface area contributed by atoms with Gasteiger partial charge in [0.05, 0.1) is 18.8 Å². The highest BCUT2D eigenvalue weighted by Crippen LogP contribution is 2.12. The molecule has 2 N–H and O–H groups in total. The molecule has 0 radical (unpaired) electrons. The zero-order valence-electron chi connectivity index (χ0n) is 5.45. The first-order valence-corrected chi connectivity index (χ1v) is 3.18. The molecule has 3 heteroatoms. The van der Waals surface area contributed by atoms with Crippen LogP contribution >= 0.6 is 0 Å². The first kappa shape index (κ1) is 6.99. The van der Waals surface area contributed by atoms with E-state index in [-0.39, 0.29) is 12.7 Å². The molecule has 1 unspecified atom stereocenters. The maximum absolute atomic E-state index is 9.02. The Kier molecular flexibility index (Phi) is 2.05. The van der Waals surface area contributed by atoms with Gasteiger partial charge in [0.25, 0.3) is 0 Å². The summed E-state index contributed by atoms with van der Waals surface area (Å²) in [5.74, 6) is 0. The number of hydrogen-bond acceptors (Lipinski definition) is 3. The van der Waals surface area contributed by atoms with Gasteiger partial charge in [-0.3, -0.25) is 0 Å². The molecule has 0 aromatic carbocycles. The molecule has 0 saturated carbocycles. The van der Waals surface area contributed by atoms with Crippen LogP contribution in [0.5, 0.6) is 0 Å². The van der Waals surface area contributed by atoms with Crippen LogP contribution in [0.3, 0.4) is 0 Å². The summed E-state index contributed by atoms with van der Waals surface area (Å²) in [6, 6.07) is 0. The van der Waals surface area contributed by atoms with Crippen molar-refractivity contribution in [1.82, 2.24) is 0 Å². The summed E-state index contributed by atoms with van der Waals surface area (Å²) in [6.45, 7) is 2.15. The highest BCUT2D eigenvalue weighted by Gasteiger charge is 2.25. The first-order chi connectivity index (χ1) is 4.20. The molecule has 0 amide bonds. The van der Waals surface area contributed by atoms with E-state index in [1.807, 2.05) is 6.92 Å². The molecule has 54 valence electrons. The lowest BCUT2D eigenvalue weighted by Gasteiger charge is -2.27. The minimum atomic E-state index is -0.679. The van der Waals surface area contributed by atoms with Gasteiger partial charge in [-0.15, -0.1) is 0 Å². The van der Waals surface area contributed by atoms with Crippen molar-refractivity contribution in [2.45, 2.75) is 31.7 Å². The molecule has 1 aliphatic heterocycles. The van der Waals surface area contributed by atoms with E-state index < -0.39 is 12.2 Å². The monoisotopic (exact) mass is 132 g/mol. The maximum atomic E-state index is 9.02. The minimum absolute atomic E-state index is 0.0865. The number of rotatable bonds is 0. The number of aliphatic hydroxyl groups is 2. The summed E-state index contributed by atoms with van der Waals surface area (Å²) in [7, 11) is 0. The van der Waals surface area contributed by atoms with E-state index in [4.69, 9.17) is 14.9 Å². The van der Waals surface area contributed by atoms with Crippen molar-refractivity contribution in [3.63, 3.8) is 0 Å². The molecule has 9 heavy (non-hydrogen) atoms. The fourth-order valence-electron chi connectivity index (χ4n) is 0.939. The lowest BCUT2D eigenvalue weighted by atomic mass is 10.1. The molecular weight excluding hydrogens is 120 g/mol. The van der Waals surface area contributed by atoms with E-state index in [2.05, 4.69) is 0 Å². The molecule has 0 aromatic heterocycles. The van der Waals surface area contributed by atoms with Crippen LogP contribution in [-0.4, -0.2) is 35.1 Å². The summed E-state index contributed by atoms with van der Waals surface area (Å²) < 4.78 is 5.05. The normalized spacial score (nSPS) is 45.0. The highest BCUT2D eigenvalue weighted by molar-refractivity contribution is 4.74. The molecule has 1 fully saturated rings. The summed E-state index contributed by atoms with van der Waals surface area (Å²) >= 11 is 0. The second-order valence-electron chi connectivity index (χ2n) is 2.51. The van der Waals surface area contributed by atoms with Crippen molar-refractivity contribution in [3.8, 4) is 0 Å². The average molecular weight is 132 g/mol. The molecule has 1 aliphatic rings. The van der Waals surface area contributed by atoms with Crippen LogP contribution in [0.2, 0.25) is 0 Å². The van der Waals surface area contributed by atoms with Crippen molar-refractivity contribution in [3.05, 3.63) is 0 Å². The SMILES string of the molecule is C[C@H]1CC(O)[C@@H](O)CO1. The molecule has 0 spiro atoms. The number of hydrogen-bond donors (Lipinski definition) is 2. The van der Waals surface area contributed by atoms with Gasteiger partial charge in [0, 0.05) is 6.42 Å². The Hall–Kier alpha value is -0.120. The Morgan fingerprint density at radius 2 is 2.00 bits per heavy atom. The second-order valence-corrected chi connectivity index (χ2v) is 2.51. The quantitative estimate of drug-likeness (QED) is 0.468. The largest absolute Gasteiger partial charge is 0.390 e. The van der Waals surface area contributed by atoms with Crippen LogP contribution in [0.25, 0.3) is 0 Å². The van der Waals surface area contributed by atoms with E-state index in [1.54, 1.807) is 0 Å². The molecule has 0 bridgehead atoms. The van der Waals surface area contributed by atoms with Crippen LogP contribution in [0, 0.1) is 0 Å². The summed E-state index contributed by atoms with van der Waals surface area (Å²) in [4.78, 5) is 0. The minimum Gasteiger partial charge on any atom is -0.390 e. The van der Waals surface area contributed by atoms with Gasteiger partial charge in [0.15, 0.2) is 0 Å². The van der Waals surface area contributed by atoms with Gasteiger partial charge >= 0.3 is 0 Å². The van der Waals surface area contributed by atoms with Crippen molar-refractivity contribution in [2.24, 2.45) is 0 Å². The Morgan fingerprint density at radius 1 is 1.33 bits per heavy atom. The third-order valence-corrected chi connectivity index (χ3v) is 1.57. The van der Waals surface area contributed by atoms with Crippen molar-refractivity contribution in [2.75, 3.05) is 6.61 Å². The van der Waals surface area contributed by atoms with Gasteiger partial charge in [-0.05, 0) is 6.92 Å². The van der Waals surface area contributed by atoms with Gasteiger partial charge in [-0.2, -0.15) is 0 Å². The Bertz CT molecular complexity index is 94.3. The summed E-state index contributed by atoms with van der Waals surface area (Å²) in [6.07, 6.45) is -0.639. The lowest BCUT2D eigenvalue weighted by Crippen LogP contribution is -2.39. The Morgan fingerprint density at radius 3 is 2.44 bits per heavy atom. The van der Waals surface area contributed by atoms with E-state index in [9.17, 15) is 0 Å². The average Bonchev–Trinajstić information content (AvgIpc) is 1.80. The summed E-state index contributed by atoms with van der Waals surface area (Å²) in [5.41, 5.74) is 0. The van der Waals surface area contributed by atoms with E-state index in [1.165, 1.54) is 0 Å². The van der Waals surface area contributed by atoms with Crippen LogP contribution < -0.4 is 0 Å². The number of ether oxygens (including phenoxy) is 1. The lowest BCUT2D eigenvalue weighted by molar-refractivity contribution is -0.115. The van der Waals surface area contributed by atoms with Gasteiger partial charge in [0.2, 0.25) is 0 Å². The molecule has 0 aliphatic carbocycles. The van der Waals surface area contributed by atoms with Crippen molar-refractivity contribution in [1.29, 1.82) is 0 Å². The molecule has 3 atom stereocenters. The van der Waals surface area contributed by atoms with Crippen LogP contribution in [0.4, 0.5) is 0 Å². The zero-order chi connectivity index (χ0) is 6.85. The smallest absolute Gasteiger partial charge is 0.103 e. The highest BCUT2D eigenvalue weighted by atomic mass is 16.5. The predicted octanol–water partition coefficient (Wildman–Crippen LogP) is -0.483. The zero-order valence-corrected chi connectivity index (χ0v) is 5.45. The number of aliphatic hydroxyl groups excluding tert-OH is 2. The Labute approximate surface area is 54.3 Å². The Balaban J connectivity index is 2.35. The topological polar surface area (TPSA) is 49.7 Å². The molecule has 3 nitrogen and oxygen atoms in total. The fraction of sp³-hybridized carbons (Fsp3) is 1.00. The second kappa shape index (κ2) is 2.64. The fourth-order valence-corrected chi connectivity index (χ4v) is 0.939.